The number of imidazole rings is 1. The van der Waals surface area contributed by atoms with E-state index in [-0.39, 0.29) is 11.2 Å². The summed E-state index contributed by atoms with van der Waals surface area (Å²) in [5, 5.41) is 11.6. The molecule has 0 amide bonds. The van der Waals surface area contributed by atoms with E-state index in [1.165, 1.54) is 16.7 Å². The van der Waals surface area contributed by atoms with Crippen molar-refractivity contribution in [1.82, 2.24) is 14.5 Å². The number of nitrogens with zero attached hydrogens (tertiary/aromatic N) is 3. The highest BCUT2D eigenvalue weighted by atomic mass is 16.3. The van der Waals surface area contributed by atoms with E-state index < -0.39 is 0 Å². The van der Waals surface area contributed by atoms with Crippen molar-refractivity contribution in [3.8, 4) is 78.6 Å². The summed E-state index contributed by atoms with van der Waals surface area (Å²) in [4.78, 5) is 10.4. The van der Waals surface area contributed by atoms with E-state index in [0.717, 1.165) is 78.0 Å². The van der Waals surface area contributed by atoms with Gasteiger partial charge >= 0.3 is 0 Å². The maximum Gasteiger partial charge on any atom is 0.149 e. The molecule has 0 aliphatic rings. The zero-order chi connectivity index (χ0) is 40.8. The Morgan fingerprint density at radius 3 is 1.81 bits per heavy atom. The van der Waals surface area contributed by atoms with Crippen LogP contribution in [0.2, 0.25) is 0 Å². The molecule has 0 saturated carbocycles. The summed E-state index contributed by atoms with van der Waals surface area (Å²) in [5.41, 5.74) is 18.6. The monoisotopic (exact) mass is 765 g/mol. The molecular weight excluding hydrogens is 719 g/mol. The van der Waals surface area contributed by atoms with Crippen LogP contribution in [0.5, 0.6) is 5.75 Å². The average Bonchev–Trinajstić information content (AvgIpc) is 3.65. The fourth-order valence-corrected chi connectivity index (χ4v) is 8.21. The van der Waals surface area contributed by atoms with Crippen LogP contribution in [0.3, 0.4) is 0 Å². The van der Waals surface area contributed by atoms with Gasteiger partial charge in [-0.25, -0.2) is 4.98 Å². The molecule has 0 fully saturated rings. The van der Waals surface area contributed by atoms with E-state index in [4.69, 9.17) is 9.97 Å². The van der Waals surface area contributed by atoms with Gasteiger partial charge in [0.05, 0.1) is 22.3 Å². The Kier molecular flexibility index (Phi) is 9.57. The lowest BCUT2D eigenvalue weighted by molar-refractivity contribution is 0.472. The second-order valence-electron chi connectivity index (χ2n) is 16.8. The number of hydrogen-bond donors (Lipinski definition) is 1. The lowest BCUT2D eigenvalue weighted by atomic mass is 9.83. The molecule has 0 aliphatic carbocycles. The largest absolute Gasteiger partial charge is 0.507 e. The number of hydrogen-bond acceptors (Lipinski definition) is 3. The van der Waals surface area contributed by atoms with Crippen molar-refractivity contribution >= 4 is 11.0 Å². The zero-order valence-corrected chi connectivity index (χ0v) is 34.5. The van der Waals surface area contributed by atoms with Gasteiger partial charge in [-0.05, 0) is 136 Å². The van der Waals surface area contributed by atoms with Gasteiger partial charge in [-0.1, -0.05) is 136 Å². The van der Waals surface area contributed by atoms with Crippen LogP contribution >= 0.6 is 0 Å². The lowest BCUT2D eigenvalue weighted by Crippen LogP contribution is -2.11. The number of aryl methyl sites for hydroxylation is 3. The minimum atomic E-state index is -0.131. The summed E-state index contributed by atoms with van der Waals surface area (Å²) in [6, 6.07) is 58.0. The van der Waals surface area contributed by atoms with E-state index in [9.17, 15) is 5.11 Å². The molecule has 9 rings (SSSR count). The highest BCUT2D eigenvalue weighted by Gasteiger charge is 2.23. The van der Waals surface area contributed by atoms with Crippen LogP contribution < -0.4 is 0 Å². The Morgan fingerprint density at radius 2 is 1.12 bits per heavy atom. The summed E-state index contributed by atoms with van der Waals surface area (Å²) in [6.07, 6.45) is 1.91. The summed E-state index contributed by atoms with van der Waals surface area (Å²) >= 11 is 0. The smallest absolute Gasteiger partial charge is 0.149 e. The summed E-state index contributed by atoms with van der Waals surface area (Å²) in [6.45, 7) is 12.9. The van der Waals surface area contributed by atoms with Crippen molar-refractivity contribution < 1.29 is 5.11 Å². The molecular formula is C55H47N3O. The Hall–Kier alpha value is -7.04. The van der Waals surface area contributed by atoms with E-state index in [0.29, 0.717) is 11.4 Å². The number of fused-ring (bicyclic) bond motifs is 1. The second-order valence-corrected chi connectivity index (χ2v) is 16.8. The van der Waals surface area contributed by atoms with Crippen LogP contribution in [0.15, 0.2) is 170 Å². The van der Waals surface area contributed by atoms with Gasteiger partial charge in [-0.15, -0.1) is 0 Å². The van der Waals surface area contributed by atoms with Gasteiger partial charge in [0.25, 0.3) is 0 Å². The van der Waals surface area contributed by atoms with Crippen molar-refractivity contribution in [3.63, 3.8) is 0 Å². The number of phenolic OH excluding ortho intramolecular Hbond substituents is 1. The predicted octanol–water partition coefficient (Wildman–Crippen LogP) is 14.4. The fourth-order valence-electron chi connectivity index (χ4n) is 8.21. The standard InChI is InChI=1S/C55H47N3O/c1-35-26-37(3)53(59)49(29-35)54-57-52-48(18-13-19-51(52)58(54)47-28-36(2)27-43(33-47)39-16-11-8-12-17-39)44-30-45(32-46(31-44)55(4,5)6)50-34-42(24-25-56-50)41-22-20-40(21-23-41)38-14-9-7-10-15-38/h7-34,59H,1-6H3. The third-order valence-corrected chi connectivity index (χ3v) is 11.3. The molecule has 0 aliphatic heterocycles. The first-order valence-corrected chi connectivity index (χ1v) is 20.3. The molecule has 4 nitrogen and oxygen atoms in total. The number of aromatic hydroxyl groups is 1. The summed E-state index contributed by atoms with van der Waals surface area (Å²) in [7, 11) is 0. The first kappa shape index (κ1) is 37.5. The van der Waals surface area contributed by atoms with Crippen molar-refractivity contribution in [1.29, 1.82) is 0 Å². The Morgan fingerprint density at radius 1 is 0.492 bits per heavy atom. The molecule has 288 valence electrons. The van der Waals surface area contributed by atoms with Crippen LogP contribution in [-0.4, -0.2) is 19.6 Å². The molecule has 9 aromatic rings. The molecule has 7 aromatic carbocycles. The SMILES string of the molecule is Cc1cc(-c2ccccc2)cc(-n2c(-c3cc(C)cc(C)c3O)nc3c(-c4cc(-c5cc(-c6ccc(-c7ccccc7)cc6)ccn5)cc(C(C)(C)C)c4)cccc32)c1. The molecule has 0 radical (unpaired) electrons. The minimum Gasteiger partial charge on any atom is -0.507 e. The quantitative estimate of drug-likeness (QED) is 0.176. The van der Waals surface area contributed by atoms with Gasteiger partial charge in [-0.2, -0.15) is 0 Å². The number of para-hydroxylation sites is 1. The van der Waals surface area contributed by atoms with Gasteiger partial charge in [-0.3, -0.25) is 9.55 Å². The van der Waals surface area contributed by atoms with Crippen molar-refractivity contribution in [3.05, 3.63) is 192 Å². The summed E-state index contributed by atoms with van der Waals surface area (Å²) in [5.74, 6) is 0.934. The van der Waals surface area contributed by atoms with Gasteiger partial charge in [0, 0.05) is 23.0 Å². The molecule has 1 N–H and O–H groups in total. The molecule has 59 heavy (non-hydrogen) atoms. The van der Waals surface area contributed by atoms with Gasteiger partial charge in [0.15, 0.2) is 0 Å². The Labute approximate surface area is 347 Å². The summed E-state index contributed by atoms with van der Waals surface area (Å²) < 4.78 is 2.22. The number of pyridine rings is 1. The molecule has 2 aromatic heterocycles. The van der Waals surface area contributed by atoms with Crippen molar-refractivity contribution in [2.24, 2.45) is 0 Å². The van der Waals surface area contributed by atoms with E-state index in [2.05, 4.69) is 179 Å². The van der Waals surface area contributed by atoms with E-state index in [1.807, 2.05) is 37.4 Å². The van der Waals surface area contributed by atoms with Crippen molar-refractivity contribution in [2.75, 3.05) is 0 Å². The third kappa shape index (κ3) is 7.35. The molecule has 0 unspecified atom stereocenters. The molecule has 2 heterocycles. The second kappa shape index (κ2) is 15.0. The number of phenols is 1. The van der Waals surface area contributed by atoms with Crippen LogP contribution in [0.1, 0.15) is 43.0 Å². The van der Waals surface area contributed by atoms with Crippen LogP contribution in [0.4, 0.5) is 0 Å². The normalized spacial score (nSPS) is 11.6. The van der Waals surface area contributed by atoms with Crippen LogP contribution in [0, 0.1) is 20.8 Å². The Balaban J connectivity index is 1.22. The van der Waals surface area contributed by atoms with Crippen LogP contribution in [-0.2, 0) is 5.41 Å². The first-order chi connectivity index (χ1) is 28.5. The zero-order valence-electron chi connectivity index (χ0n) is 34.5. The maximum absolute atomic E-state index is 11.6. The van der Waals surface area contributed by atoms with Gasteiger partial charge in [0.2, 0.25) is 0 Å². The van der Waals surface area contributed by atoms with Crippen molar-refractivity contribution in [2.45, 2.75) is 47.0 Å². The molecule has 0 saturated heterocycles. The third-order valence-electron chi connectivity index (χ3n) is 11.3. The predicted molar refractivity (Wildman–Crippen MR) is 246 cm³/mol. The fraction of sp³-hybridized carbons (Fsp3) is 0.127. The number of rotatable bonds is 7. The number of benzene rings is 7. The van der Waals surface area contributed by atoms with E-state index in [1.54, 1.807) is 0 Å². The molecule has 0 bridgehead atoms. The highest BCUT2D eigenvalue weighted by Crippen LogP contribution is 2.42. The van der Waals surface area contributed by atoms with E-state index >= 15 is 0 Å². The highest BCUT2D eigenvalue weighted by molar-refractivity contribution is 5.97. The molecule has 4 heteroatoms. The molecule has 0 atom stereocenters. The van der Waals surface area contributed by atoms with Gasteiger partial charge < -0.3 is 5.11 Å². The first-order valence-electron chi connectivity index (χ1n) is 20.3. The lowest BCUT2D eigenvalue weighted by Gasteiger charge is -2.22. The topological polar surface area (TPSA) is 50.9 Å². The van der Waals surface area contributed by atoms with Crippen LogP contribution in [0.25, 0.3) is 83.9 Å². The average molecular weight is 766 g/mol. The minimum absolute atomic E-state index is 0.131. The molecule has 0 spiro atoms. The Bertz CT molecular complexity index is 2990. The van der Waals surface area contributed by atoms with Gasteiger partial charge in [0.1, 0.15) is 11.6 Å². The number of aromatic nitrogens is 3. The maximum atomic E-state index is 11.6.